The monoisotopic (exact) mass is 436 g/mol. The normalized spacial score (nSPS) is 17.6. The summed E-state index contributed by atoms with van der Waals surface area (Å²) < 4.78 is 51.7. The van der Waals surface area contributed by atoms with Crippen LogP contribution in [0.15, 0.2) is 21.2 Å². The molecule has 0 spiro atoms. The fourth-order valence-electron chi connectivity index (χ4n) is 3.91. The van der Waals surface area contributed by atoms with E-state index < -0.39 is 17.7 Å². The molecule has 1 amide bonds. The predicted octanol–water partition coefficient (Wildman–Crippen LogP) is 4.94. The summed E-state index contributed by atoms with van der Waals surface area (Å²) in [4.78, 5) is 18.6. The second-order valence-electron chi connectivity index (χ2n) is 8.12. The summed E-state index contributed by atoms with van der Waals surface area (Å²) in [5.41, 5.74) is 0.226. The van der Waals surface area contributed by atoms with Crippen molar-refractivity contribution in [1.29, 1.82) is 0 Å². The molecule has 7 nitrogen and oxygen atoms in total. The van der Waals surface area contributed by atoms with Gasteiger partial charge in [0, 0.05) is 30.8 Å². The van der Waals surface area contributed by atoms with Crippen molar-refractivity contribution in [2.45, 2.75) is 58.0 Å². The van der Waals surface area contributed by atoms with Crippen LogP contribution in [0.5, 0.6) is 0 Å². The minimum atomic E-state index is -4.57. The number of aryl methyl sites for hydroxylation is 1. The van der Waals surface area contributed by atoms with Gasteiger partial charge < -0.3 is 13.9 Å². The highest BCUT2D eigenvalue weighted by Crippen LogP contribution is 2.40. The molecule has 0 bridgehead atoms. The summed E-state index contributed by atoms with van der Waals surface area (Å²) in [6.45, 7) is 6.30. The molecule has 0 aromatic carbocycles. The smallest absolute Gasteiger partial charge is 0.351 e. The number of rotatable bonds is 4. The van der Waals surface area contributed by atoms with Gasteiger partial charge in [-0.1, -0.05) is 31.1 Å². The van der Waals surface area contributed by atoms with E-state index in [4.69, 9.17) is 9.05 Å². The van der Waals surface area contributed by atoms with Crippen LogP contribution < -0.4 is 0 Å². The maximum atomic E-state index is 13.8. The molecule has 31 heavy (non-hydrogen) atoms. The van der Waals surface area contributed by atoms with E-state index in [0.717, 1.165) is 6.07 Å². The Kier molecular flexibility index (Phi) is 5.49. The average molecular weight is 436 g/mol. The first kappa shape index (κ1) is 21.3. The number of fused-ring (bicyclic) bond motifs is 1. The zero-order valence-electron chi connectivity index (χ0n) is 17.5. The zero-order valence-corrected chi connectivity index (χ0v) is 17.5. The molecule has 0 saturated carbocycles. The number of carbonyl (C=O) groups is 1. The molecule has 1 atom stereocenters. The third kappa shape index (κ3) is 4.03. The largest absolute Gasteiger partial charge is 0.417 e. The number of alkyl halides is 3. The second kappa shape index (κ2) is 7.97. The van der Waals surface area contributed by atoms with E-state index >= 15 is 0 Å². The highest BCUT2D eigenvalue weighted by atomic mass is 19.4. The maximum absolute atomic E-state index is 13.8. The average Bonchev–Trinajstić information content (AvgIpc) is 3.39. The van der Waals surface area contributed by atoms with Crippen molar-refractivity contribution in [3.63, 3.8) is 0 Å². The fraction of sp³-hybridized carbons (Fsp3) is 0.524. The van der Waals surface area contributed by atoms with Gasteiger partial charge in [-0.25, -0.2) is 4.98 Å². The fourth-order valence-corrected chi connectivity index (χ4v) is 3.91. The van der Waals surface area contributed by atoms with Gasteiger partial charge in [-0.05, 0) is 31.2 Å². The molecular formula is C21H23F3N4O3. The van der Waals surface area contributed by atoms with Gasteiger partial charge in [0.05, 0.1) is 22.3 Å². The molecule has 4 heterocycles. The second-order valence-corrected chi connectivity index (χ2v) is 8.12. The number of carbonyl (C=O) groups excluding carboxylic acids is 1. The molecule has 0 radical (unpaired) electrons. The summed E-state index contributed by atoms with van der Waals surface area (Å²) >= 11 is 0. The van der Waals surface area contributed by atoms with Crippen LogP contribution in [0.2, 0.25) is 0 Å². The SMILES string of the molecule is CCc1cc(C(F)(F)F)c2c(C3CCCN(C(=O)c4cc(C(C)C)no4)C3)noc2n1. The predicted molar refractivity (Wildman–Crippen MR) is 105 cm³/mol. The molecule has 3 aromatic rings. The van der Waals surface area contributed by atoms with Gasteiger partial charge >= 0.3 is 6.18 Å². The Balaban J connectivity index is 1.66. The Morgan fingerprint density at radius 2 is 2.03 bits per heavy atom. The quantitative estimate of drug-likeness (QED) is 0.576. The molecule has 3 aromatic heterocycles. The first-order valence-electron chi connectivity index (χ1n) is 10.3. The van der Waals surface area contributed by atoms with Gasteiger partial charge in [0.25, 0.3) is 11.6 Å². The zero-order chi connectivity index (χ0) is 22.3. The highest BCUT2D eigenvalue weighted by molar-refractivity contribution is 5.91. The van der Waals surface area contributed by atoms with E-state index in [0.29, 0.717) is 31.5 Å². The van der Waals surface area contributed by atoms with Crippen LogP contribution in [0.3, 0.4) is 0 Å². The Morgan fingerprint density at radius 3 is 2.68 bits per heavy atom. The molecule has 1 saturated heterocycles. The van der Waals surface area contributed by atoms with Crippen LogP contribution in [-0.4, -0.2) is 39.2 Å². The van der Waals surface area contributed by atoms with Crippen LogP contribution >= 0.6 is 0 Å². The molecule has 1 aliphatic rings. The van der Waals surface area contributed by atoms with E-state index in [2.05, 4.69) is 15.3 Å². The van der Waals surface area contributed by atoms with Crippen molar-refractivity contribution < 1.29 is 27.0 Å². The van der Waals surface area contributed by atoms with E-state index in [9.17, 15) is 18.0 Å². The van der Waals surface area contributed by atoms with Crippen LogP contribution in [0, 0.1) is 0 Å². The van der Waals surface area contributed by atoms with Gasteiger partial charge in [0.1, 0.15) is 0 Å². The minimum Gasteiger partial charge on any atom is -0.351 e. The van der Waals surface area contributed by atoms with E-state index in [1.165, 1.54) is 0 Å². The van der Waals surface area contributed by atoms with E-state index in [1.54, 1.807) is 17.9 Å². The lowest BCUT2D eigenvalue weighted by atomic mass is 9.91. The number of nitrogens with zero attached hydrogens (tertiary/aromatic N) is 4. The van der Waals surface area contributed by atoms with Crippen molar-refractivity contribution in [3.8, 4) is 0 Å². The molecule has 1 aliphatic heterocycles. The standard InChI is InChI=1S/C21H23F3N4O3/c1-4-13-8-14(21(22,23)24)17-18(27-31-19(17)25-13)12-6-5-7-28(10-12)20(29)16-9-15(11(2)3)26-30-16/h8-9,11-12H,4-7,10H2,1-3H3. The molecule has 10 heteroatoms. The molecule has 0 N–H and O–H groups in total. The molecule has 1 unspecified atom stereocenters. The summed E-state index contributed by atoms with van der Waals surface area (Å²) in [7, 11) is 0. The van der Waals surface area contributed by atoms with Crippen LogP contribution in [0.1, 0.15) is 78.6 Å². The van der Waals surface area contributed by atoms with Gasteiger partial charge in [-0.2, -0.15) is 13.2 Å². The third-order valence-corrected chi connectivity index (χ3v) is 5.62. The van der Waals surface area contributed by atoms with Gasteiger partial charge in [0.15, 0.2) is 0 Å². The van der Waals surface area contributed by atoms with Gasteiger partial charge in [-0.15, -0.1) is 0 Å². The van der Waals surface area contributed by atoms with Crippen molar-refractivity contribution >= 4 is 17.0 Å². The lowest BCUT2D eigenvalue weighted by molar-refractivity contribution is -0.136. The molecule has 4 rings (SSSR count). The van der Waals surface area contributed by atoms with Crippen LogP contribution in [0.4, 0.5) is 13.2 Å². The van der Waals surface area contributed by atoms with Crippen molar-refractivity contribution in [3.05, 3.63) is 40.5 Å². The summed E-state index contributed by atoms with van der Waals surface area (Å²) in [5, 5.41) is 7.74. The Hall–Kier alpha value is -2.91. The topological polar surface area (TPSA) is 85.3 Å². The Labute approximate surface area is 176 Å². The van der Waals surface area contributed by atoms with Crippen molar-refractivity contribution in [2.75, 3.05) is 13.1 Å². The molecule has 1 fully saturated rings. The molecule has 0 aliphatic carbocycles. The lowest BCUT2D eigenvalue weighted by Crippen LogP contribution is -2.39. The first-order chi connectivity index (χ1) is 14.7. The number of amides is 1. The summed E-state index contributed by atoms with van der Waals surface area (Å²) in [5.74, 6) is -0.497. The number of hydrogen-bond acceptors (Lipinski definition) is 6. The Bertz CT molecular complexity index is 1100. The van der Waals surface area contributed by atoms with Crippen molar-refractivity contribution in [1.82, 2.24) is 20.2 Å². The number of likely N-dealkylation sites (tertiary alicyclic amines) is 1. The third-order valence-electron chi connectivity index (χ3n) is 5.62. The number of halogens is 3. The maximum Gasteiger partial charge on any atom is 0.417 e. The lowest BCUT2D eigenvalue weighted by Gasteiger charge is -2.31. The van der Waals surface area contributed by atoms with Crippen molar-refractivity contribution in [2.24, 2.45) is 0 Å². The minimum absolute atomic E-state index is 0.113. The van der Waals surface area contributed by atoms with Crippen LogP contribution in [0.25, 0.3) is 11.1 Å². The summed E-state index contributed by atoms with van der Waals surface area (Å²) in [6, 6.07) is 2.66. The number of hydrogen-bond donors (Lipinski definition) is 0. The van der Waals surface area contributed by atoms with Crippen LogP contribution in [-0.2, 0) is 12.6 Å². The first-order valence-corrected chi connectivity index (χ1v) is 10.3. The van der Waals surface area contributed by atoms with Gasteiger partial charge in [-0.3, -0.25) is 4.79 Å². The van der Waals surface area contributed by atoms with E-state index in [1.807, 2.05) is 13.8 Å². The molecular weight excluding hydrogens is 413 g/mol. The Morgan fingerprint density at radius 1 is 1.26 bits per heavy atom. The summed E-state index contributed by atoms with van der Waals surface area (Å²) in [6.07, 6.45) is -3.01. The highest BCUT2D eigenvalue weighted by Gasteiger charge is 2.38. The molecule has 166 valence electrons. The number of pyridine rings is 1. The van der Waals surface area contributed by atoms with E-state index in [-0.39, 0.29) is 46.6 Å². The number of piperidine rings is 1. The number of aromatic nitrogens is 3. The van der Waals surface area contributed by atoms with Gasteiger partial charge in [0.2, 0.25) is 5.76 Å².